The summed E-state index contributed by atoms with van der Waals surface area (Å²) in [6.07, 6.45) is 2.54. The molecule has 4 nitrogen and oxygen atoms in total. The van der Waals surface area contributed by atoms with Gasteiger partial charge in [-0.1, -0.05) is 28.9 Å². The molecule has 0 bridgehead atoms. The van der Waals surface area contributed by atoms with Crippen molar-refractivity contribution in [3.05, 3.63) is 63.7 Å². The average Bonchev–Trinajstić information content (AvgIpc) is 3.11. The number of aliphatic imine (C=N–C) groups is 1. The fourth-order valence-electron chi connectivity index (χ4n) is 2.93. The Hall–Kier alpha value is -2.33. The molecular weight excluding hydrogens is 346 g/mol. The predicted molar refractivity (Wildman–Crippen MR) is 109 cm³/mol. The largest absolute Gasteiger partial charge is 0.387 e. The summed E-state index contributed by atoms with van der Waals surface area (Å²) in [5.74, 6) is 0. The molecule has 26 heavy (non-hydrogen) atoms. The van der Waals surface area contributed by atoms with Gasteiger partial charge >= 0.3 is 0 Å². The summed E-state index contributed by atoms with van der Waals surface area (Å²) in [5.41, 5.74) is 6.38. The number of hydrogen-bond acceptors (Lipinski definition) is 3. The van der Waals surface area contributed by atoms with Crippen LogP contribution in [-0.2, 0) is 4.84 Å². The first kappa shape index (κ1) is 18.5. The predicted octanol–water partition coefficient (Wildman–Crippen LogP) is 5.43. The van der Waals surface area contributed by atoms with E-state index in [1.807, 2.05) is 42.6 Å². The van der Waals surface area contributed by atoms with E-state index < -0.39 is 0 Å². The standard InChI is InChI=1S/C21H24ClN3O/c1-5-25(4)13-23-19-10-14(2)18(9-15(19)3)21-12-20(24-26-21)16-7-6-8-17(22)11-16/h6-11,13,21H,5,12H2,1-4H3/b23-13-. The van der Waals surface area contributed by atoms with Crippen LogP contribution in [0.4, 0.5) is 5.69 Å². The molecule has 0 aliphatic carbocycles. The molecule has 2 aromatic carbocycles. The van der Waals surface area contributed by atoms with Crippen molar-refractivity contribution in [2.75, 3.05) is 13.6 Å². The highest BCUT2D eigenvalue weighted by molar-refractivity contribution is 6.31. The van der Waals surface area contributed by atoms with Crippen LogP contribution in [0.5, 0.6) is 0 Å². The maximum atomic E-state index is 6.09. The van der Waals surface area contributed by atoms with Crippen LogP contribution in [0.25, 0.3) is 0 Å². The van der Waals surface area contributed by atoms with Crippen LogP contribution in [0.3, 0.4) is 0 Å². The van der Waals surface area contributed by atoms with E-state index in [2.05, 4.69) is 43.1 Å². The van der Waals surface area contributed by atoms with Gasteiger partial charge in [0, 0.05) is 30.6 Å². The summed E-state index contributed by atoms with van der Waals surface area (Å²) >= 11 is 6.09. The lowest BCUT2D eigenvalue weighted by atomic mass is 9.95. The second-order valence-electron chi connectivity index (χ2n) is 6.66. The van der Waals surface area contributed by atoms with Gasteiger partial charge in [0.2, 0.25) is 0 Å². The van der Waals surface area contributed by atoms with Crippen LogP contribution >= 0.6 is 11.6 Å². The fraction of sp³-hybridized carbons (Fsp3) is 0.333. The summed E-state index contributed by atoms with van der Waals surface area (Å²) in [4.78, 5) is 12.4. The summed E-state index contributed by atoms with van der Waals surface area (Å²) in [5, 5.41) is 5.00. The van der Waals surface area contributed by atoms with Crippen LogP contribution in [0.1, 0.15) is 41.7 Å². The van der Waals surface area contributed by atoms with E-state index in [-0.39, 0.29) is 6.10 Å². The van der Waals surface area contributed by atoms with Gasteiger partial charge in [-0.25, -0.2) is 4.99 Å². The van der Waals surface area contributed by atoms with Crippen LogP contribution < -0.4 is 0 Å². The van der Waals surface area contributed by atoms with Crippen molar-refractivity contribution < 1.29 is 4.84 Å². The molecule has 1 unspecified atom stereocenters. The van der Waals surface area contributed by atoms with Crippen molar-refractivity contribution in [2.45, 2.75) is 33.3 Å². The zero-order valence-electron chi connectivity index (χ0n) is 15.7. The smallest absolute Gasteiger partial charge is 0.158 e. The Morgan fingerprint density at radius 1 is 1.27 bits per heavy atom. The first-order valence-electron chi connectivity index (χ1n) is 8.82. The van der Waals surface area contributed by atoms with Gasteiger partial charge in [0.05, 0.1) is 17.7 Å². The normalized spacial score (nSPS) is 16.7. The molecule has 0 radical (unpaired) electrons. The van der Waals surface area contributed by atoms with Gasteiger partial charge in [0.25, 0.3) is 0 Å². The number of benzene rings is 2. The first-order chi connectivity index (χ1) is 12.5. The number of rotatable bonds is 5. The van der Waals surface area contributed by atoms with Crippen molar-refractivity contribution in [1.82, 2.24) is 4.90 Å². The Morgan fingerprint density at radius 3 is 2.81 bits per heavy atom. The van der Waals surface area contributed by atoms with Gasteiger partial charge in [0.15, 0.2) is 6.10 Å². The maximum Gasteiger partial charge on any atom is 0.158 e. The molecule has 136 valence electrons. The summed E-state index contributed by atoms with van der Waals surface area (Å²) < 4.78 is 0. The van der Waals surface area contributed by atoms with Gasteiger partial charge in [-0.3, -0.25) is 0 Å². The van der Waals surface area contributed by atoms with Crippen molar-refractivity contribution in [3.63, 3.8) is 0 Å². The molecular formula is C21H24ClN3O. The molecule has 1 aliphatic heterocycles. The Balaban J connectivity index is 1.79. The van der Waals surface area contributed by atoms with Crippen molar-refractivity contribution in [2.24, 2.45) is 10.1 Å². The van der Waals surface area contributed by atoms with E-state index >= 15 is 0 Å². The summed E-state index contributed by atoms with van der Waals surface area (Å²) in [6, 6.07) is 12.0. The number of oxime groups is 1. The van der Waals surface area contributed by atoms with Crippen molar-refractivity contribution >= 4 is 29.3 Å². The molecule has 1 aliphatic rings. The molecule has 1 atom stereocenters. The number of hydrogen-bond donors (Lipinski definition) is 0. The van der Waals surface area contributed by atoms with E-state index in [4.69, 9.17) is 16.4 Å². The van der Waals surface area contributed by atoms with E-state index in [1.165, 1.54) is 0 Å². The van der Waals surface area contributed by atoms with Gasteiger partial charge in [-0.05, 0) is 61.7 Å². The van der Waals surface area contributed by atoms with E-state index in [1.54, 1.807) is 0 Å². The lowest BCUT2D eigenvalue weighted by molar-refractivity contribution is 0.0852. The summed E-state index contributed by atoms with van der Waals surface area (Å²) in [6.45, 7) is 7.20. The Kier molecular flexibility index (Phi) is 5.62. The molecule has 5 heteroatoms. The quantitative estimate of drug-likeness (QED) is 0.520. The molecule has 0 aromatic heterocycles. The Bertz CT molecular complexity index is 860. The monoisotopic (exact) mass is 369 g/mol. The fourth-order valence-corrected chi connectivity index (χ4v) is 3.12. The molecule has 1 heterocycles. The molecule has 2 aromatic rings. The minimum atomic E-state index is -0.0703. The van der Waals surface area contributed by atoms with Crippen molar-refractivity contribution in [1.29, 1.82) is 0 Å². The van der Waals surface area contributed by atoms with E-state index in [9.17, 15) is 0 Å². The molecule has 0 amide bonds. The molecule has 0 fully saturated rings. The minimum absolute atomic E-state index is 0.0703. The lowest BCUT2D eigenvalue weighted by Gasteiger charge is -2.15. The third-order valence-electron chi connectivity index (χ3n) is 4.65. The zero-order valence-corrected chi connectivity index (χ0v) is 16.4. The SMILES string of the molecule is CCN(C)/C=N\c1cc(C)c(C2CC(c3cccc(Cl)c3)=NO2)cc1C. The second kappa shape index (κ2) is 7.92. The van der Waals surface area contributed by atoms with E-state index in [0.717, 1.165) is 46.6 Å². The molecule has 0 saturated carbocycles. The molecule has 0 saturated heterocycles. The number of halogens is 1. The third-order valence-corrected chi connectivity index (χ3v) is 4.89. The molecule has 3 rings (SSSR count). The van der Waals surface area contributed by atoms with Crippen LogP contribution in [0.15, 0.2) is 46.5 Å². The highest BCUT2D eigenvalue weighted by atomic mass is 35.5. The summed E-state index contributed by atoms with van der Waals surface area (Å²) in [7, 11) is 2.02. The highest BCUT2D eigenvalue weighted by Gasteiger charge is 2.25. The van der Waals surface area contributed by atoms with Gasteiger partial charge in [-0.2, -0.15) is 0 Å². The molecule has 0 N–H and O–H groups in total. The van der Waals surface area contributed by atoms with Crippen LogP contribution in [0.2, 0.25) is 5.02 Å². The highest BCUT2D eigenvalue weighted by Crippen LogP contribution is 2.35. The average molecular weight is 370 g/mol. The van der Waals surface area contributed by atoms with Crippen molar-refractivity contribution in [3.8, 4) is 0 Å². The Morgan fingerprint density at radius 2 is 2.08 bits per heavy atom. The van der Waals surface area contributed by atoms with Gasteiger partial charge in [0.1, 0.15) is 0 Å². The van der Waals surface area contributed by atoms with Gasteiger partial charge < -0.3 is 9.74 Å². The number of nitrogens with zero attached hydrogens (tertiary/aromatic N) is 3. The zero-order chi connectivity index (χ0) is 18.7. The number of aryl methyl sites for hydroxylation is 2. The Labute approximate surface area is 160 Å². The maximum absolute atomic E-state index is 6.09. The van der Waals surface area contributed by atoms with Gasteiger partial charge in [-0.15, -0.1) is 0 Å². The third kappa shape index (κ3) is 4.07. The topological polar surface area (TPSA) is 37.2 Å². The first-order valence-corrected chi connectivity index (χ1v) is 9.20. The van der Waals surface area contributed by atoms with E-state index in [0.29, 0.717) is 5.02 Å². The molecule has 0 spiro atoms. The van der Waals surface area contributed by atoms with Crippen LogP contribution in [-0.4, -0.2) is 30.5 Å². The lowest BCUT2D eigenvalue weighted by Crippen LogP contribution is -2.14. The van der Waals surface area contributed by atoms with Crippen LogP contribution in [0, 0.1) is 13.8 Å². The minimum Gasteiger partial charge on any atom is -0.387 e. The second-order valence-corrected chi connectivity index (χ2v) is 7.10.